The van der Waals surface area contributed by atoms with Crippen molar-refractivity contribution >= 4 is 23.5 Å². The molecule has 1 amide bonds. The van der Waals surface area contributed by atoms with E-state index in [4.69, 9.17) is 11.6 Å². The molecule has 4 rings (SSSR count). The highest BCUT2D eigenvalue weighted by molar-refractivity contribution is 6.33. The van der Waals surface area contributed by atoms with E-state index >= 15 is 0 Å². The molecule has 1 saturated heterocycles. The molecule has 1 aliphatic heterocycles. The van der Waals surface area contributed by atoms with Gasteiger partial charge in [0.05, 0.1) is 0 Å². The summed E-state index contributed by atoms with van der Waals surface area (Å²) in [4.78, 5) is 30.8. The summed E-state index contributed by atoms with van der Waals surface area (Å²) in [5.41, 5.74) is 5.78. The van der Waals surface area contributed by atoms with Gasteiger partial charge in [-0.1, -0.05) is 41.9 Å². The molecule has 1 aliphatic rings. The van der Waals surface area contributed by atoms with E-state index in [2.05, 4.69) is 4.98 Å². The maximum atomic E-state index is 13.2. The van der Waals surface area contributed by atoms with Crippen molar-refractivity contribution < 1.29 is 14.7 Å². The summed E-state index contributed by atoms with van der Waals surface area (Å²) in [5.74, 6) is -1.24. The molecule has 1 atom stereocenters. The molecule has 2 aromatic carbocycles. The molecule has 3 aromatic rings. The van der Waals surface area contributed by atoms with Gasteiger partial charge in [0.2, 0.25) is 0 Å². The van der Waals surface area contributed by atoms with Gasteiger partial charge in [0.1, 0.15) is 6.04 Å². The molecular formula is C25H23ClN2O3. The summed E-state index contributed by atoms with van der Waals surface area (Å²) in [6.45, 7) is 4.35. The van der Waals surface area contributed by atoms with Gasteiger partial charge >= 0.3 is 5.97 Å². The van der Waals surface area contributed by atoms with Crippen LogP contribution in [0.1, 0.15) is 34.6 Å². The maximum absolute atomic E-state index is 13.2. The lowest BCUT2D eigenvalue weighted by atomic mass is 9.91. The van der Waals surface area contributed by atoms with Gasteiger partial charge in [-0.15, -0.1) is 0 Å². The predicted octanol–water partition coefficient (Wildman–Crippen LogP) is 5.38. The number of aromatic nitrogens is 1. The molecule has 1 fully saturated rings. The van der Waals surface area contributed by atoms with Crippen molar-refractivity contribution in [3.8, 4) is 22.3 Å². The van der Waals surface area contributed by atoms with Gasteiger partial charge in [-0.2, -0.15) is 0 Å². The molecule has 1 unspecified atom stereocenters. The van der Waals surface area contributed by atoms with Gasteiger partial charge in [0.25, 0.3) is 5.91 Å². The lowest BCUT2D eigenvalue weighted by Gasteiger charge is -2.22. The van der Waals surface area contributed by atoms with Crippen LogP contribution in [0.4, 0.5) is 0 Å². The Morgan fingerprint density at radius 2 is 1.74 bits per heavy atom. The Kier molecular flexibility index (Phi) is 5.79. The van der Waals surface area contributed by atoms with E-state index in [1.807, 2.05) is 62.4 Å². The second-order valence-electron chi connectivity index (χ2n) is 7.82. The molecular weight excluding hydrogens is 412 g/mol. The SMILES string of the molecule is Cc1ccc(-c2ccc(C(=O)N3CCCC3C(=O)O)cc2-c2ccccc2Cl)c(C)n1. The average Bonchev–Trinajstić information content (AvgIpc) is 3.24. The van der Waals surface area contributed by atoms with Crippen molar-refractivity contribution in [1.29, 1.82) is 0 Å². The minimum absolute atomic E-state index is 0.275. The first-order valence-corrected chi connectivity index (χ1v) is 10.6. The van der Waals surface area contributed by atoms with Crippen LogP contribution in [0.3, 0.4) is 0 Å². The summed E-state index contributed by atoms with van der Waals surface area (Å²) in [6, 6.07) is 16.2. The number of benzene rings is 2. The highest BCUT2D eigenvalue weighted by Crippen LogP contribution is 2.38. The third kappa shape index (κ3) is 4.06. The Morgan fingerprint density at radius 1 is 1.00 bits per heavy atom. The number of carbonyl (C=O) groups is 2. The monoisotopic (exact) mass is 434 g/mol. The van der Waals surface area contributed by atoms with Crippen molar-refractivity contribution in [3.63, 3.8) is 0 Å². The summed E-state index contributed by atoms with van der Waals surface area (Å²) in [7, 11) is 0. The number of nitrogens with zero attached hydrogens (tertiary/aromatic N) is 2. The zero-order valence-corrected chi connectivity index (χ0v) is 18.2. The minimum atomic E-state index is -0.963. The zero-order valence-electron chi connectivity index (χ0n) is 17.4. The van der Waals surface area contributed by atoms with Gasteiger partial charge in [-0.05, 0) is 62.1 Å². The predicted molar refractivity (Wildman–Crippen MR) is 121 cm³/mol. The average molecular weight is 435 g/mol. The van der Waals surface area contributed by atoms with Crippen molar-refractivity contribution in [2.45, 2.75) is 32.7 Å². The smallest absolute Gasteiger partial charge is 0.326 e. The number of pyridine rings is 1. The summed E-state index contributed by atoms with van der Waals surface area (Å²) in [6.07, 6.45) is 1.16. The largest absolute Gasteiger partial charge is 0.480 e. The molecule has 0 saturated carbocycles. The summed E-state index contributed by atoms with van der Waals surface area (Å²) in [5, 5.41) is 10.1. The topological polar surface area (TPSA) is 70.5 Å². The molecule has 0 aliphatic carbocycles. The van der Waals surface area contributed by atoms with E-state index in [1.165, 1.54) is 4.90 Å². The second kappa shape index (κ2) is 8.52. The number of carboxylic acid groups (broad SMARTS) is 1. The first kappa shape index (κ1) is 21.1. The summed E-state index contributed by atoms with van der Waals surface area (Å²) < 4.78 is 0. The standard InChI is InChI=1S/C25H23ClN2O3/c1-15-9-11-18(16(2)27-15)19-12-10-17(14-21(19)20-6-3-4-7-22(20)26)24(29)28-13-5-8-23(28)25(30)31/h3-4,6-7,9-12,14,23H,5,8,13H2,1-2H3,(H,30,31). The number of rotatable bonds is 4. The first-order chi connectivity index (χ1) is 14.9. The molecule has 158 valence electrons. The van der Waals surface area contributed by atoms with Crippen molar-refractivity contribution in [1.82, 2.24) is 9.88 Å². The van der Waals surface area contributed by atoms with Crippen molar-refractivity contribution in [2.24, 2.45) is 0 Å². The van der Waals surface area contributed by atoms with Crippen LogP contribution in [0.15, 0.2) is 54.6 Å². The molecule has 2 heterocycles. The highest BCUT2D eigenvalue weighted by Gasteiger charge is 2.34. The van der Waals surface area contributed by atoms with E-state index in [9.17, 15) is 14.7 Å². The Bertz CT molecular complexity index is 1180. The van der Waals surface area contributed by atoms with Crippen LogP contribution in [0.25, 0.3) is 22.3 Å². The number of hydrogen-bond donors (Lipinski definition) is 1. The van der Waals surface area contributed by atoms with Crippen LogP contribution in [-0.2, 0) is 4.79 Å². The molecule has 31 heavy (non-hydrogen) atoms. The maximum Gasteiger partial charge on any atom is 0.326 e. The van der Waals surface area contributed by atoms with Crippen LogP contribution < -0.4 is 0 Å². The zero-order chi connectivity index (χ0) is 22.1. The lowest BCUT2D eigenvalue weighted by Crippen LogP contribution is -2.40. The van der Waals surface area contributed by atoms with E-state index in [-0.39, 0.29) is 5.91 Å². The fourth-order valence-electron chi connectivity index (χ4n) is 4.22. The lowest BCUT2D eigenvalue weighted by molar-refractivity contribution is -0.141. The Labute approximate surface area is 186 Å². The third-order valence-electron chi connectivity index (χ3n) is 5.74. The van der Waals surface area contributed by atoms with Crippen LogP contribution in [0.2, 0.25) is 5.02 Å². The number of halogens is 1. The van der Waals surface area contributed by atoms with Gasteiger partial charge in [-0.3, -0.25) is 9.78 Å². The highest BCUT2D eigenvalue weighted by atomic mass is 35.5. The number of amides is 1. The summed E-state index contributed by atoms with van der Waals surface area (Å²) >= 11 is 6.52. The van der Waals surface area contributed by atoms with E-state index in [0.29, 0.717) is 30.0 Å². The first-order valence-electron chi connectivity index (χ1n) is 10.2. The Morgan fingerprint density at radius 3 is 2.45 bits per heavy atom. The normalized spacial score (nSPS) is 15.8. The number of carboxylic acids is 1. The third-order valence-corrected chi connectivity index (χ3v) is 6.07. The van der Waals surface area contributed by atoms with Crippen LogP contribution in [-0.4, -0.2) is 39.5 Å². The molecule has 0 radical (unpaired) electrons. The Balaban J connectivity index is 1.86. The molecule has 0 bridgehead atoms. The van der Waals surface area contributed by atoms with Gasteiger partial charge in [0.15, 0.2) is 0 Å². The number of aliphatic carboxylic acids is 1. The molecule has 0 spiro atoms. The van der Waals surface area contributed by atoms with Crippen LogP contribution in [0.5, 0.6) is 0 Å². The fraction of sp³-hybridized carbons (Fsp3) is 0.240. The van der Waals surface area contributed by atoms with Gasteiger partial charge in [0, 0.05) is 39.6 Å². The van der Waals surface area contributed by atoms with E-state index in [0.717, 1.165) is 33.6 Å². The quantitative estimate of drug-likeness (QED) is 0.598. The molecule has 1 aromatic heterocycles. The number of likely N-dealkylation sites (tertiary alicyclic amines) is 1. The number of carbonyl (C=O) groups excluding carboxylic acids is 1. The van der Waals surface area contributed by atoms with Crippen LogP contribution >= 0.6 is 11.6 Å². The van der Waals surface area contributed by atoms with Crippen molar-refractivity contribution in [2.75, 3.05) is 6.54 Å². The second-order valence-corrected chi connectivity index (χ2v) is 8.23. The number of aryl methyl sites for hydroxylation is 2. The van der Waals surface area contributed by atoms with Crippen LogP contribution in [0, 0.1) is 13.8 Å². The van der Waals surface area contributed by atoms with E-state index < -0.39 is 12.0 Å². The van der Waals surface area contributed by atoms with Gasteiger partial charge < -0.3 is 10.0 Å². The van der Waals surface area contributed by atoms with E-state index in [1.54, 1.807) is 6.07 Å². The molecule has 5 nitrogen and oxygen atoms in total. The molecule has 6 heteroatoms. The fourth-order valence-corrected chi connectivity index (χ4v) is 4.46. The Hall–Kier alpha value is -3.18. The molecule has 1 N–H and O–H groups in total. The number of hydrogen-bond acceptors (Lipinski definition) is 3. The van der Waals surface area contributed by atoms with Gasteiger partial charge in [-0.25, -0.2) is 4.79 Å². The van der Waals surface area contributed by atoms with Crippen molar-refractivity contribution in [3.05, 3.63) is 76.6 Å². The minimum Gasteiger partial charge on any atom is -0.480 e.